The number of hydrogen-bond donors (Lipinski definition) is 4. The highest BCUT2D eigenvalue weighted by Crippen LogP contribution is 2.21. The van der Waals surface area contributed by atoms with Crippen molar-refractivity contribution in [3.63, 3.8) is 0 Å². The van der Waals surface area contributed by atoms with Gasteiger partial charge in [-0.1, -0.05) is 24.3 Å². The van der Waals surface area contributed by atoms with Gasteiger partial charge in [0.1, 0.15) is 0 Å². The van der Waals surface area contributed by atoms with Crippen molar-refractivity contribution in [3.8, 4) is 11.3 Å². The fourth-order valence-electron chi connectivity index (χ4n) is 3.25. The Morgan fingerprint density at radius 3 is 2.37 bits per heavy atom. The first-order chi connectivity index (χ1) is 18.3. The van der Waals surface area contributed by atoms with Crippen LogP contribution in [-0.4, -0.2) is 76.1 Å². The molecule has 2 aromatic carbocycles. The molecule has 0 spiro atoms. The van der Waals surface area contributed by atoms with Crippen LogP contribution >= 0.6 is 0 Å². The number of rotatable bonds is 15. The van der Waals surface area contributed by atoms with E-state index in [-0.39, 0.29) is 29.6 Å². The van der Waals surface area contributed by atoms with Gasteiger partial charge in [-0.15, -0.1) is 0 Å². The molecule has 1 amide bonds. The van der Waals surface area contributed by atoms with Crippen molar-refractivity contribution >= 4 is 27.4 Å². The summed E-state index contributed by atoms with van der Waals surface area (Å²) >= 11 is 0. The topological polar surface area (TPSA) is 175 Å². The lowest BCUT2D eigenvalue weighted by molar-refractivity contribution is 0.00451. The van der Waals surface area contributed by atoms with Crippen LogP contribution in [0.1, 0.15) is 16.1 Å². The maximum absolute atomic E-state index is 12.9. The number of nitrogen functional groups attached to an aromatic ring is 1. The van der Waals surface area contributed by atoms with E-state index in [9.17, 15) is 13.2 Å². The first-order valence-electron chi connectivity index (χ1n) is 11.7. The molecule has 0 bridgehead atoms. The Kier molecular flexibility index (Phi) is 11.1. The van der Waals surface area contributed by atoms with Crippen molar-refractivity contribution in [2.75, 3.05) is 57.7 Å². The monoisotopic (exact) mass is 545 g/mol. The summed E-state index contributed by atoms with van der Waals surface area (Å²) in [5.41, 5.74) is 8.17. The van der Waals surface area contributed by atoms with E-state index < -0.39 is 15.9 Å². The third-order valence-electron chi connectivity index (χ3n) is 5.18. The average molecular weight is 546 g/mol. The van der Waals surface area contributed by atoms with Crippen LogP contribution in [0.2, 0.25) is 0 Å². The van der Waals surface area contributed by atoms with E-state index in [1.54, 1.807) is 30.3 Å². The summed E-state index contributed by atoms with van der Waals surface area (Å²) in [6.07, 6.45) is 1.41. The molecule has 0 saturated heterocycles. The predicted molar refractivity (Wildman–Crippen MR) is 141 cm³/mol. The van der Waals surface area contributed by atoms with Crippen LogP contribution in [0.5, 0.6) is 0 Å². The molecule has 1 heterocycles. The van der Waals surface area contributed by atoms with Crippen molar-refractivity contribution in [1.82, 2.24) is 14.7 Å². The minimum atomic E-state index is -3.58. The molecule has 0 aliphatic heterocycles. The summed E-state index contributed by atoms with van der Waals surface area (Å²) < 4.78 is 42.2. The summed E-state index contributed by atoms with van der Waals surface area (Å²) in [6.45, 7) is 2.21. The molecule has 0 unspecified atom stereocenters. The van der Waals surface area contributed by atoms with Gasteiger partial charge in [-0.25, -0.2) is 23.1 Å². The number of ether oxygens (including phenoxy) is 3. The Morgan fingerprint density at radius 1 is 1.00 bits per heavy atom. The van der Waals surface area contributed by atoms with Gasteiger partial charge in [-0.05, 0) is 36.9 Å². The predicted octanol–water partition coefficient (Wildman–Crippen LogP) is 1.43. The Labute approximate surface area is 221 Å². The van der Waals surface area contributed by atoms with E-state index in [0.717, 1.165) is 5.56 Å². The number of nitrogens with zero attached hydrogens (tertiary/aromatic N) is 2. The van der Waals surface area contributed by atoms with Crippen LogP contribution in [0.25, 0.3) is 11.3 Å². The lowest BCUT2D eigenvalue weighted by Crippen LogP contribution is -2.18. The van der Waals surface area contributed by atoms with Crippen LogP contribution in [0, 0.1) is 0 Å². The van der Waals surface area contributed by atoms with Crippen molar-refractivity contribution in [3.05, 3.63) is 66.0 Å². The highest BCUT2D eigenvalue weighted by atomic mass is 32.2. The average Bonchev–Trinajstić information content (AvgIpc) is 2.92. The number of anilines is 2. The Balaban J connectivity index is 1.57. The van der Waals surface area contributed by atoms with Crippen molar-refractivity contribution in [1.29, 1.82) is 0 Å². The molecule has 0 atom stereocenters. The number of nitrogens with two attached hydrogens (primary N) is 1. The molecule has 0 fully saturated rings. The third kappa shape index (κ3) is 8.55. The molecule has 13 heteroatoms. The second kappa shape index (κ2) is 14.5. The zero-order chi connectivity index (χ0) is 27.4. The molecule has 0 aliphatic carbocycles. The number of sulfonamides is 1. The normalized spacial score (nSPS) is 11.4. The third-order valence-corrected chi connectivity index (χ3v) is 6.61. The van der Waals surface area contributed by atoms with E-state index >= 15 is 0 Å². The van der Waals surface area contributed by atoms with Crippen molar-refractivity contribution in [2.24, 2.45) is 0 Å². The summed E-state index contributed by atoms with van der Waals surface area (Å²) in [5.74, 6) is -0.581. The lowest BCUT2D eigenvalue weighted by Gasteiger charge is -2.10. The SMILES string of the molecule is CNS(=O)(=O)c1ccc(-c2cnc(N)c(C(=O)Nc3cccc(COCCOCCOCCO)c3)n2)cc1. The number of aliphatic hydroxyl groups is 1. The van der Waals surface area contributed by atoms with Gasteiger partial charge in [-0.2, -0.15) is 0 Å². The quantitative estimate of drug-likeness (QED) is 0.204. The Morgan fingerprint density at radius 2 is 1.68 bits per heavy atom. The number of amides is 1. The van der Waals surface area contributed by atoms with Gasteiger partial charge in [-0.3, -0.25) is 4.79 Å². The maximum Gasteiger partial charge on any atom is 0.278 e. The largest absolute Gasteiger partial charge is 0.394 e. The van der Waals surface area contributed by atoms with Gasteiger partial charge in [0.2, 0.25) is 10.0 Å². The van der Waals surface area contributed by atoms with E-state index in [0.29, 0.717) is 50.0 Å². The van der Waals surface area contributed by atoms with Gasteiger partial charge < -0.3 is 30.4 Å². The van der Waals surface area contributed by atoms with Crippen molar-refractivity contribution < 1.29 is 32.5 Å². The Bertz CT molecular complexity index is 1300. The summed E-state index contributed by atoms with van der Waals surface area (Å²) in [5, 5.41) is 11.4. The molecule has 204 valence electrons. The van der Waals surface area contributed by atoms with Crippen molar-refractivity contribution in [2.45, 2.75) is 11.5 Å². The molecule has 3 rings (SSSR count). The molecule has 5 N–H and O–H groups in total. The van der Waals surface area contributed by atoms with E-state index in [1.807, 2.05) is 6.07 Å². The number of aliphatic hydroxyl groups excluding tert-OH is 1. The maximum atomic E-state index is 12.9. The number of aromatic nitrogens is 2. The van der Waals surface area contributed by atoms with E-state index in [1.165, 1.54) is 25.4 Å². The minimum Gasteiger partial charge on any atom is -0.394 e. The van der Waals surface area contributed by atoms with Gasteiger partial charge in [0.15, 0.2) is 11.5 Å². The van der Waals surface area contributed by atoms with Gasteiger partial charge >= 0.3 is 0 Å². The number of carbonyl (C=O) groups excluding carboxylic acids is 1. The first-order valence-corrected chi connectivity index (χ1v) is 13.2. The number of carbonyl (C=O) groups is 1. The van der Waals surface area contributed by atoms with Crippen LogP contribution in [0.3, 0.4) is 0 Å². The molecule has 3 aromatic rings. The van der Waals surface area contributed by atoms with E-state index in [4.69, 9.17) is 25.1 Å². The second-order valence-corrected chi connectivity index (χ2v) is 9.76. The minimum absolute atomic E-state index is 0.0164. The smallest absolute Gasteiger partial charge is 0.278 e. The molecular formula is C25H31N5O7S. The molecule has 0 aliphatic rings. The molecule has 0 saturated carbocycles. The van der Waals surface area contributed by atoms with Crippen LogP contribution in [0.15, 0.2) is 59.6 Å². The number of nitrogens with one attached hydrogen (secondary N) is 2. The highest BCUT2D eigenvalue weighted by Gasteiger charge is 2.16. The summed E-state index contributed by atoms with van der Waals surface area (Å²) in [4.78, 5) is 21.5. The zero-order valence-electron chi connectivity index (χ0n) is 20.9. The molecule has 38 heavy (non-hydrogen) atoms. The lowest BCUT2D eigenvalue weighted by atomic mass is 10.1. The Hall–Kier alpha value is -3.46. The molecule has 1 aromatic heterocycles. The molecular weight excluding hydrogens is 514 g/mol. The van der Waals surface area contributed by atoms with Crippen LogP contribution in [-0.2, 0) is 30.8 Å². The number of hydrogen-bond acceptors (Lipinski definition) is 10. The zero-order valence-corrected chi connectivity index (χ0v) is 21.7. The van der Waals surface area contributed by atoms with Gasteiger partial charge in [0, 0.05) is 11.3 Å². The molecule has 0 radical (unpaired) electrons. The van der Waals surface area contributed by atoms with Gasteiger partial charge in [0.05, 0.1) is 63.0 Å². The van der Waals surface area contributed by atoms with Crippen LogP contribution in [0.4, 0.5) is 11.5 Å². The van der Waals surface area contributed by atoms with Crippen LogP contribution < -0.4 is 15.8 Å². The standard InChI is InChI=1S/C25H31N5O7S/c1-27-38(33,34)21-7-5-19(6-8-21)22-16-28-24(26)23(30-22)25(32)29-20-4-2-3-18(15-20)17-37-14-13-36-12-11-35-10-9-31/h2-8,15-16,27,31H,9-14,17H2,1H3,(H2,26,28)(H,29,32). The number of benzene rings is 2. The summed E-state index contributed by atoms with van der Waals surface area (Å²) in [7, 11) is -2.24. The van der Waals surface area contributed by atoms with Gasteiger partial charge in [0.25, 0.3) is 5.91 Å². The summed E-state index contributed by atoms with van der Waals surface area (Å²) in [6, 6.07) is 13.2. The fourth-order valence-corrected chi connectivity index (χ4v) is 3.98. The molecule has 12 nitrogen and oxygen atoms in total. The highest BCUT2D eigenvalue weighted by molar-refractivity contribution is 7.89. The first kappa shape index (κ1) is 29.1. The second-order valence-electron chi connectivity index (χ2n) is 7.88. The van der Waals surface area contributed by atoms with E-state index in [2.05, 4.69) is 20.0 Å². The fraction of sp³-hybridized carbons (Fsp3) is 0.320.